The molecule has 1 unspecified atom stereocenters. The van der Waals surface area contributed by atoms with E-state index in [-0.39, 0.29) is 11.3 Å². The molecule has 0 radical (unpaired) electrons. The Bertz CT molecular complexity index is 337. The SMILES string of the molecule is CC(C)C1(CNC(=O)C(C(=O)O)C(C)(C)C)CC1. The van der Waals surface area contributed by atoms with E-state index in [9.17, 15) is 14.7 Å². The minimum absolute atomic E-state index is 0.205. The van der Waals surface area contributed by atoms with Crippen LogP contribution in [0.5, 0.6) is 0 Å². The highest BCUT2D eigenvalue weighted by atomic mass is 16.4. The van der Waals surface area contributed by atoms with Crippen LogP contribution in [0.15, 0.2) is 0 Å². The molecule has 0 aromatic carbocycles. The molecule has 104 valence electrons. The summed E-state index contributed by atoms with van der Waals surface area (Å²) in [6.07, 6.45) is 2.25. The number of hydrogen-bond donors (Lipinski definition) is 2. The number of rotatable bonds is 5. The van der Waals surface area contributed by atoms with Crippen molar-refractivity contribution in [2.75, 3.05) is 6.54 Å². The summed E-state index contributed by atoms with van der Waals surface area (Å²) in [6, 6.07) is 0. The topological polar surface area (TPSA) is 66.4 Å². The van der Waals surface area contributed by atoms with Crippen LogP contribution in [0.2, 0.25) is 0 Å². The first kappa shape index (κ1) is 15.0. The molecule has 4 nitrogen and oxygen atoms in total. The van der Waals surface area contributed by atoms with Gasteiger partial charge in [-0.1, -0.05) is 34.6 Å². The Hall–Kier alpha value is -1.06. The van der Waals surface area contributed by atoms with Crippen LogP contribution >= 0.6 is 0 Å². The summed E-state index contributed by atoms with van der Waals surface area (Å²) in [6.45, 7) is 10.2. The van der Waals surface area contributed by atoms with Gasteiger partial charge in [0.25, 0.3) is 0 Å². The van der Waals surface area contributed by atoms with Crippen molar-refractivity contribution in [2.24, 2.45) is 22.7 Å². The van der Waals surface area contributed by atoms with E-state index >= 15 is 0 Å². The summed E-state index contributed by atoms with van der Waals surface area (Å²) in [5, 5.41) is 12.0. The molecule has 1 aliphatic carbocycles. The van der Waals surface area contributed by atoms with Gasteiger partial charge in [-0.15, -0.1) is 0 Å². The second-order valence-electron chi connectivity index (χ2n) is 6.87. The quantitative estimate of drug-likeness (QED) is 0.741. The molecular formula is C14H25NO3. The number of nitrogens with one attached hydrogen (secondary N) is 1. The molecule has 1 amide bonds. The number of carbonyl (C=O) groups excluding carboxylic acids is 1. The van der Waals surface area contributed by atoms with Crippen LogP contribution in [0.3, 0.4) is 0 Å². The fraction of sp³-hybridized carbons (Fsp3) is 0.857. The van der Waals surface area contributed by atoms with Crippen molar-refractivity contribution in [3.63, 3.8) is 0 Å². The average Bonchev–Trinajstić information content (AvgIpc) is 2.92. The fourth-order valence-corrected chi connectivity index (χ4v) is 2.36. The van der Waals surface area contributed by atoms with Crippen molar-refractivity contribution >= 4 is 11.9 Å². The predicted molar refractivity (Wildman–Crippen MR) is 70.1 cm³/mol. The molecule has 0 aliphatic heterocycles. The minimum Gasteiger partial charge on any atom is -0.481 e. The predicted octanol–water partition coefficient (Wildman–Crippen LogP) is 2.29. The molecule has 4 heteroatoms. The molecule has 1 rings (SSSR count). The molecule has 0 heterocycles. The van der Waals surface area contributed by atoms with Crippen molar-refractivity contribution in [3.8, 4) is 0 Å². The van der Waals surface area contributed by atoms with Gasteiger partial charge in [0.15, 0.2) is 0 Å². The van der Waals surface area contributed by atoms with Gasteiger partial charge in [0, 0.05) is 6.54 Å². The third-order valence-corrected chi connectivity index (χ3v) is 4.11. The van der Waals surface area contributed by atoms with Crippen molar-refractivity contribution in [1.29, 1.82) is 0 Å². The Morgan fingerprint density at radius 3 is 2.06 bits per heavy atom. The van der Waals surface area contributed by atoms with Crippen molar-refractivity contribution in [3.05, 3.63) is 0 Å². The van der Waals surface area contributed by atoms with E-state index in [2.05, 4.69) is 19.2 Å². The summed E-state index contributed by atoms with van der Waals surface area (Å²) >= 11 is 0. The van der Waals surface area contributed by atoms with Gasteiger partial charge in [-0.25, -0.2) is 0 Å². The smallest absolute Gasteiger partial charge is 0.316 e. The van der Waals surface area contributed by atoms with Crippen molar-refractivity contribution in [1.82, 2.24) is 5.32 Å². The van der Waals surface area contributed by atoms with Gasteiger partial charge in [0.1, 0.15) is 5.92 Å². The van der Waals surface area contributed by atoms with E-state index in [1.807, 2.05) is 0 Å². The van der Waals surface area contributed by atoms with Crippen molar-refractivity contribution < 1.29 is 14.7 Å². The molecule has 1 saturated carbocycles. The molecule has 0 aromatic heterocycles. The molecule has 0 saturated heterocycles. The highest BCUT2D eigenvalue weighted by molar-refractivity contribution is 5.97. The van der Waals surface area contributed by atoms with Gasteiger partial charge < -0.3 is 10.4 Å². The Labute approximate surface area is 109 Å². The third-order valence-electron chi connectivity index (χ3n) is 4.11. The monoisotopic (exact) mass is 255 g/mol. The number of carboxylic acid groups (broad SMARTS) is 1. The third kappa shape index (κ3) is 3.24. The fourth-order valence-electron chi connectivity index (χ4n) is 2.36. The number of hydrogen-bond acceptors (Lipinski definition) is 2. The van der Waals surface area contributed by atoms with Crippen LogP contribution in [0, 0.1) is 22.7 Å². The molecule has 1 aliphatic rings. The second kappa shape index (κ2) is 4.90. The zero-order chi connectivity index (χ0) is 14.1. The average molecular weight is 255 g/mol. The summed E-state index contributed by atoms with van der Waals surface area (Å²) in [5.41, 5.74) is -0.360. The standard InChI is InChI=1S/C14H25NO3/c1-9(2)14(6-7-14)8-15-11(16)10(12(17)18)13(3,4)5/h9-10H,6-8H2,1-5H3,(H,15,16)(H,17,18). The van der Waals surface area contributed by atoms with Crippen molar-refractivity contribution in [2.45, 2.75) is 47.5 Å². The highest BCUT2D eigenvalue weighted by Gasteiger charge is 2.46. The maximum absolute atomic E-state index is 12.0. The highest BCUT2D eigenvalue weighted by Crippen LogP contribution is 2.51. The molecule has 1 atom stereocenters. The first-order valence-electron chi connectivity index (χ1n) is 6.61. The Morgan fingerprint density at radius 2 is 1.78 bits per heavy atom. The van der Waals surface area contributed by atoms with Gasteiger partial charge in [-0.2, -0.15) is 0 Å². The lowest BCUT2D eigenvalue weighted by molar-refractivity contribution is -0.151. The van der Waals surface area contributed by atoms with E-state index in [1.54, 1.807) is 20.8 Å². The number of carbonyl (C=O) groups is 2. The van der Waals surface area contributed by atoms with Gasteiger partial charge >= 0.3 is 5.97 Å². The lowest BCUT2D eigenvalue weighted by Crippen LogP contribution is -2.44. The molecule has 1 fully saturated rings. The lowest BCUT2D eigenvalue weighted by Gasteiger charge is -2.27. The zero-order valence-corrected chi connectivity index (χ0v) is 12.0. The van der Waals surface area contributed by atoms with Gasteiger partial charge in [0.05, 0.1) is 0 Å². The van der Waals surface area contributed by atoms with Crippen LogP contribution in [-0.2, 0) is 9.59 Å². The maximum atomic E-state index is 12.0. The van der Waals surface area contributed by atoms with E-state index in [4.69, 9.17) is 0 Å². The normalized spacial score (nSPS) is 19.4. The number of aliphatic carboxylic acids is 1. The molecule has 0 spiro atoms. The summed E-state index contributed by atoms with van der Waals surface area (Å²) in [4.78, 5) is 23.2. The minimum atomic E-state index is -1.05. The Kier molecular flexibility index (Phi) is 4.08. The zero-order valence-electron chi connectivity index (χ0n) is 12.0. The first-order chi connectivity index (χ1) is 8.10. The summed E-state index contributed by atoms with van der Waals surface area (Å²) in [5.74, 6) is -1.87. The number of carboxylic acids is 1. The molecular weight excluding hydrogens is 230 g/mol. The maximum Gasteiger partial charge on any atom is 0.316 e. The molecule has 2 N–H and O–H groups in total. The van der Waals surface area contributed by atoms with E-state index < -0.39 is 17.3 Å². The second-order valence-corrected chi connectivity index (χ2v) is 6.87. The van der Waals surface area contributed by atoms with E-state index in [0.717, 1.165) is 12.8 Å². The lowest BCUT2D eigenvalue weighted by atomic mass is 9.80. The Morgan fingerprint density at radius 1 is 1.28 bits per heavy atom. The van der Waals surface area contributed by atoms with Gasteiger partial charge in [-0.3, -0.25) is 9.59 Å². The van der Waals surface area contributed by atoms with Gasteiger partial charge in [-0.05, 0) is 29.6 Å². The number of amides is 1. The molecule has 0 bridgehead atoms. The van der Waals surface area contributed by atoms with Crippen LogP contribution in [0.1, 0.15) is 47.5 Å². The van der Waals surface area contributed by atoms with Crippen LogP contribution in [0.4, 0.5) is 0 Å². The van der Waals surface area contributed by atoms with Crippen LogP contribution in [0.25, 0.3) is 0 Å². The molecule has 18 heavy (non-hydrogen) atoms. The van der Waals surface area contributed by atoms with E-state index in [1.165, 1.54) is 0 Å². The van der Waals surface area contributed by atoms with E-state index in [0.29, 0.717) is 12.5 Å². The molecule has 0 aromatic rings. The summed E-state index contributed by atoms with van der Waals surface area (Å²) in [7, 11) is 0. The van der Waals surface area contributed by atoms with Crippen LogP contribution < -0.4 is 5.32 Å². The first-order valence-corrected chi connectivity index (χ1v) is 6.61. The van der Waals surface area contributed by atoms with Gasteiger partial charge in [0.2, 0.25) is 5.91 Å². The Balaban J connectivity index is 2.62. The summed E-state index contributed by atoms with van der Waals surface area (Å²) < 4.78 is 0. The van der Waals surface area contributed by atoms with Crippen LogP contribution in [-0.4, -0.2) is 23.5 Å². The largest absolute Gasteiger partial charge is 0.481 e.